The van der Waals surface area contributed by atoms with E-state index in [0.717, 1.165) is 30.3 Å². The minimum Gasteiger partial charge on any atom is -0.336 e. The van der Waals surface area contributed by atoms with Gasteiger partial charge in [0.05, 0.1) is 27.5 Å². The van der Waals surface area contributed by atoms with Gasteiger partial charge in [-0.1, -0.05) is 47.6 Å². The molecule has 0 bridgehead atoms. The number of aromatic nitrogens is 2. The molecule has 8 heteroatoms. The van der Waals surface area contributed by atoms with Gasteiger partial charge in [-0.2, -0.15) is 0 Å². The predicted molar refractivity (Wildman–Crippen MR) is 130 cm³/mol. The van der Waals surface area contributed by atoms with Crippen LogP contribution in [0, 0.1) is 0 Å². The highest BCUT2D eigenvalue weighted by Gasteiger charge is 2.29. The topological polar surface area (TPSA) is 67.2 Å². The van der Waals surface area contributed by atoms with Crippen LogP contribution in [0.2, 0.25) is 5.02 Å². The van der Waals surface area contributed by atoms with Crippen molar-refractivity contribution in [2.24, 2.45) is 0 Å². The Morgan fingerprint density at radius 3 is 2.53 bits per heavy atom. The van der Waals surface area contributed by atoms with Crippen molar-refractivity contribution in [3.63, 3.8) is 0 Å². The molecule has 1 aliphatic rings. The Hall–Kier alpha value is -2.51. The summed E-state index contributed by atoms with van der Waals surface area (Å²) >= 11 is 7.46. The molecule has 3 aromatic rings. The molecule has 2 heterocycles. The smallest absolute Gasteiger partial charge is 0.243 e. The van der Waals surface area contributed by atoms with Crippen LogP contribution in [-0.2, 0) is 16.1 Å². The third-order valence-electron chi connectivity index (χ3n) is 5.87. The van der Waals surface area contributed by atoms with Crippen LogP contribution >= 0.6 is 23.4 Å². The van der Waals surface area contributed by atoms with Crippen LogP contribution in [0.5, 0.6) is 0 Å². The number of nitrogens with zero attached hydrogens (tertiary/aromatic N) is 3. The molecule has 1 aliphatic heterocycles. The van der Waals surface area contributed by atoms with E-state index >= 15 is 0 Å². The summed E-state index contributed by atoms with van der Waals surface area (Å²) in [6, 6.07) is 15.4. The summed E-state index contributed by atoms with van der Waals surface area (Å²) in [6.45, 7) is 4.45. The fourth-order valence-corrected chi connectivity index (χ4v) is 5.32. The standard InChI is InChI=1S/C24H27ClN4O2S/c1-16-8-7-9-17(2)29(16)23(31)14-28-21-13-6-5-12-20(21)27-24(28)32-15-22(30)26-19-11-4-3-10-18(19)25/h3-6,10-13,16-17H,7-9,14-15H2,1-2H3,(H,26,30)/t16-,17+. The van der Waals surface area contributed by atoms with Crippen molar-refractivity contribution in [1.29, 1.82) is 0 Å². The van der Waals surface area contributed by atoms with Gasteiger partial charge >= 0.3 is 0 Å². The maximum Gasteiger partial charge on any atom is 0.243 e. The van der Waals surface area contributed by atoms with Crippen LogP contribution in [0.15, 0.2) is 53.7 Å². The summed E-state index contributed by atoms with van der Waals surface area (Å²) in [7, 11) is 0. The lowest BCUT2D eigenvalue weighted by atomic mass is 9.97. The van der Waals surface area contributed by atoms with Gasteiger partial charge in [0.2, 0.25) is 11.8 Å². The lowest BCUT2D eigenvalue weighted by molar-refractivity contribution is -0.138. The first-order chi connectivity index (χ1) is 15.4. The van der Waals surface area contributed by atoms with Gasteiger partial charge in [-0.05, 0) is 57.4 Å². The molecule has 1 N–H and O–H groups in total. The molecule has 6 nitrogen and oxygen atoms in total. The van der Waals surface area contributed by atoms with E-state index in [9.17, 15) is 9.59 Å². The molecular weight excluding hydrogens is 444 g/mol. The maximum absolute atomic E-state index is 13.3. The van der Waals surface area contributed by atoms with E-state index < -0.39 is 0 Å². The summed E-state index contributed by atoms with van der Waals surface area (Å²) in [5, 5.41) is 3.99. The second-order valence-corrected chi connectivity index (χ2v) is 9.57. The molecule has 0 aliphatic carbocycles. The highest BCUT2D eigenvalue weighted by atomic mass is 35.5. The van der Waals surface area contributed by atoms with E-state index in [1.54, 1.807) is 12.1 Å². The monoisotopic (exact) mass is 470 g/mol. The van der Waals surface area contributed by atoms with Crippen LogP contribution in [0.25, 0.3) is 11.0 Å². The van der Waals surface area contributed by atoms with E-state index in [4.69, 9.17) is 16.6 Å². The van der Waals surface area contributed by atoms with Gasteiger partial charge in [-0.25, -0.2) is 4.98 Å². The number of piperidine rings is 1. The zero-order valence-electron chi connectivity index (χ0n) is 18.3. The second-order valence-electron chi connectivity index (χ2n) is 8.22. The van der Waals surface area contributed by atoms with Gasteiger partial charge in [-0.15, -0.1) is 0 Å². The number of imidazole rings is 1. The van der Waals surface area contributed by atoms with Gasteiger partial charge in [0.15, 0.2) is 5.16 Å². The molecule has 0 radical (unpaired) electrons. The molecule has 2 amide bonds. The molecule has 2 aromatic carbocycles. The number of rotatable bonds is 6. The van der Waals surface area contributed by atoms with Crippen molar-refractivity contribution in [1.82, 2.24) is 14.5 Å². The van der Waals surface area contributed by atoms with Gasteiger partial charge in [0.25, 0.3) is 0 Å². The molecule has 0 unspecified atom stereocenters. The molecular formula is C24H27ClN4O2S. The van der Waals surface area contributed by atoms with Gasteiger partial charge in [0, 0.05) is 12.1 Å². The summed E-state index contributed by atoms with van der Waals surface area (Å²) in [4.78, 5) is 32.5. The number of thioether (sulfide) groups is 1. The van der Waals surface area contributed by atoms with E-state index in [-0.39, 0.29) is 36.2 Å². The molecule has 1 aromatic heterocycles. The number of likely N-dealkylation sites (tertiary alicyclic amines) is 1. The number of carbonyl (C=O) groups is 2. The summed E-state index contributed by atoms with van der Waals surface area (Å²) in [5.41, 5.74) is 2.29. The average Bonchev–Trinajstić information content (AvgIpc) is 3.11. The van der Waals surface area contributed by atoms with E-state index in [1.807, 2.05) is 45.9 Å². The summed E-state index contributed by atoms with van der Waals surface area (Å²) in [5.74, 6) is 0.0840. The molecule has 32 heavy (non-hydrogen) atoms. The average molecular weight is 471 g/mol. The molecule has 0 spiro atoms. The SMILES string of the molecule is C[C@@H]1CCC[C@H](C)N1C(=O)Cn1c(SCC(=O)Nc2ccccc2Cl)nc2ccccc21. The lowest BCUT2D eigenvalue weighted by Gasteiger charge is -2.39. The molecule has 1 fully saturated rings. The van der Waals surface area contributed by atoms with Crippen LogP contribution < -0.4 is 5.32 Å². The van der Waals surface area contributed by atoms with Crippen molar-refractivity contribution in [2.45, 2.75) is 56.9 Å². The zero-order chi connectivity index (χ0) is 22.7. The Morgan fingerprint density at radius 2 is 1.78 bits per heavy atom. The number of para-hydroxylation sites is 3. The molecule has 2 atom stereocenters. The Morgan fingerprint density at radius 1 is 1.09 bits per heavy atom. The first-order valence-corrected chi connectivity index (χ1v) is 12.2. The third kappa shape index (κ3) is 4.94. The Bertz CT molecular complexity index is 1120. The maximum atomic E-state index is 13.3. The van der Waals surface area contributed by atoms with Crippen LogP contribution in [0.1, 0.15) is 33.1 Å². The Labute approximate surface area is 197 Å². The number of nitrogens with one attached hydrogen (secondary N) is 1. The predicted octanol–water partition coefficient (Wildman–Crippen LogP) is 5.21. The number of anilines is 1. The number of hydrogen-bond donors (Lipinski definition) is 1. The van der Waals surface area contributed by atoms with E-state index in [2.05, 4.69) is 19.2 Å². The minimum atomic E-state index is -0.175. The number of hydrogen-bond acceptors (Lipinski definition) is 4. The number of halogens is 1. The first kappa shape index (κ1) is 22.7. The quantitative estimate of drug-likeness (QED) is 0.502. The van der Waals surface area contributed by atoms with Crippen molar-refractivity contribution in [3.8, 4) is 0 Å². The van der Waals surface area contributed by atoms with Gasteiger partial charge in [0.1, 0.15) is 6.54 Å². The Kier molecular flexibility index (Phi) is 7.06. The second kappa shape index (κ2) is 9.96. The fourth-order valence-electron chi connectivity index (χ4n) is 4.33. The third-order valence-corrected chi connectivity index (χ3v) is 7.18. The molecule has 1 saturated heterocycles. The highest BCUT2D eigenvalue weighted by molar-refractivity contribution is 7.99. The number of carbonyl (C=O) groups excluding carboxylic acids is 2. The fraction of sp³-hybridized carbons (Fsp3) is 0.375. The molecule has 4 rings (SSSR count). The van der Waals surface area contributed by atoms with Crippen molar-refractivity contribution in [3.05, 3.63) is 53.6 Å². The van der Waals surface area contributed by atoms with Crippen LogP contribution in [0.3, 0.4) is 0 Å². The largest absolute Gasteiger partial charge is 0.336 e. The van der Waals surface area contributed by atoms with Gasteiger partial charge in [-0.3, -0.25) is 9.59 Å². The van der Waals surface area contributed by atoms with Crippen molar-refractivity contribution >= 4 is 51.9 Å². The number of amides is 2. The highest BCUT2D eigenvalue weighted by Crippen LogP contribution is 2.27. The summed E-state index contributed by atoms with van der Waals surface area (Å²) in [6.07, 6.45) is 3.22. The van der Waals surface area contributed by atoms with Gasteiger partial charge < -0.3 is 14.8 Å². The molecule has 168 valence electrons. The zero-order valence-corrected chi connectivity index (χ0v) is 19.8. The molecule has 0 saturated carbocycles. The first-order valence-electron chi connectivity index (χ1n) is 10.9. The van der Waals surface area contributed by atoms with E-state index in [0.29, 0.717) is 15.9 Å². The minimum absolute atomic E-state index is 0.0928. The number of fused-ring (bicyclic) bond motifs is 1. The van der Waals surface area contributed by atoms with E-state index in [1.165, 1.54) is 11.8 Å². The van der Waals surface area contributed by atoms with Crippen molar-refractivity contribution in [2.75, 3.05) is 11.1 Å². The summed E-state index contributed by atoms with van der Waals surface area (Å²) < 4.78 is 1.93. The van der Waals surface area contributed by atoms with Crippen molar-refractivity contribution < 1.29 is 9.59 Å². The lowest BCUT2D eigenvalue weighted by Crippen LogP contribution is -2.48. The Balaban J connectivity index is 1.52. The number of benzene rings is 2. The normalized spacial score (nSPS) is 18.7. The van der Waals surface area contributed by atoms with Crippen LogP contribution in [-0.4, -0.2) is 44.1 Å². The van der Waals surface area contributed by atoms with Crippen LogP contribution in [0.4, 0.5) is 5.69 Å².